The number of aromatic nitrogens is 4. The summed E-state index contributed by atoms with van der Waals surface area (Å²) in [6, 6.07) is 0. The molecule has 0 aliphatic heterocycles. The lowest BCUT2D eigenvalue weighted by atomic mass is 10.4. The maximum absolute atomic E-state index is 12.1. The van der Waals surface area contributed by atoms with Crippen LogP contribution in [0, 0.1) is 6.92 Å². The Bertz CT molecular complexity index is 688. The highest BCUT2D eigenvalue weighted by atomic mass is 32.2. The monoisotopic (exact) mass is 285 g/mol. The normalized spacial score (nSPS) is 11.6. The molecule has 2 aromatic rings. The van der Waals surface area contributed by atoms with Gasteiger partial charge in [0.15, 0.2) is 5.69 Å². The maximum Gasteiger partial charge on any atom is 0.357 e. The Morgan fingerprint density at radius 2 is 2.26 bits per heavy atom. The average molecular weight is 285 g/mol. The molecular weight excluding hydrogens is 274 g/mol. The summed E-state index contributed by atoms with van der Waals surface area (Å²) in [4.78, 5) is 17.1. The van der Waals surface area contributed by atoms with Gasteiger partial charge in [-0.25, -0.2) is 22.9 Å². The third-order valence-electron chi connectivity index (χ3n) is 2.35. The molecule has 19 heavy (non-hydrogen) atoms. The zero-order chi connectivity index (χ0) is 14.0. The highest BCUT2D eigenvalue weighted by molar-refractivity contribution is 7.89. The molecule has 0 radical (unpaired) electrons. The molecule has 0 saturated carbocycles. The first-order valence-electron chi connectivity index (χ1n) is 5.18. The van der Waals surface area contributed by atoms with Crippen LogP contribution in [-0.2, 0) is 16.6 Å². The minimum atomic E-state index is -3.98. The van der Waals surface area contributed by atoms with Gasteiger partial charge in [-0.05, 0) is 6.92 Å². The van der Waals surface area contributed by atoms with Gasteiger partial charge in [-0.15, -0.1) is 0 Å². The van der Waals surface area contributed by atoms with Crippen LogP contribution in [0.4, 0.5) is 0 Å². The van der Waals surface area contributed by atoms with E-state index in [1.165, 1.54) is 13.1 Å². The number of hydrogen-bond donors (Lipinski definition) is 4. The number of aromatic amines is 2. The molecule has 9 nitrogen and oxygen atoms in total. The summed E-state index contributed by atoms with van der Waals surface area (Å²) in [6.07, 6.45) is 3.03. The Morgan fingerprint density at radius 3 is 2.84 bits per heavy atom. The standard InChI is InChI=1S/C9H11N5O4S/c1-5-8(7(9(15)16)14-13-5)19(17,18)12-4-6-10-2-3-11-6/h2-3,12H,4H2,1H3,(H,10,11)(H,13,14)(H,15,16). The Balaban J connectivity index is 2.29. The number of carboxylic acid groups (broad SMARTS) is 1. The van der Waals surface area contributed by atoms with Crippen LogP contribution in [-0.4, -0.2) is 39.7 Å². The smallest absolute Gasteiger partial charge is 0.357 e. The Kier molecular flexibility index (Phi) is 3.36. The van der Waals surface area contributed by atoms with E-state index in [0.717, 1.165) is 0 Å². The predicted molar refractivity (Wildman–Crippen MR) is 62.9 cm³/mol. The molecule has 0 amide bonds. The van der Waals surface area contributed by atoms with Crippen LogP contribution in [0.3, 0.4) is 0 Å². The van der Waals surface area contributed by atoms with Gasteiger partial charge in [-0.2, -0.15) is 5.10 Å². The first-order chi connectivity index (χ1) is 8.92. The SMILES string of the molecule is Cc1[nH]nc(C(=O)O)c1S(=O)(=O)NCc1ncc[nH]1. The van der Waals surface area contributed by atoms with Crippen LogP contribution in [0.5, 0.6) is 0 Å². The molecule has 0 fully saturated rings. The summed E-state index contributed by atoms with van der Waals surface area (Å²) >= 11 is 0. The van der Waals surface area contributed by atoms with Crippen molar-refractivity contribution in [3.05, 3.63) is 29.6 Å². The molecule has 10 heteroatoms. The lowest BCUT2D eigenvalue weighted by Gasteiger charge is -2.05. The molecule has 102 valence electrons. The minimum absolute atomic E-state index is 0.0704. The number of nitrogens with one attached hydrogen (secondary N) is 3. The van der Waals surface area contributed by atoms with E-state index in [1.54, 1.807) is 6.20 Å². The number of nitrogens with zero attached hydrogens (tertiary/aromatic N) is 2. The number of aryl methyl sites for hydroxylation is 1. The molecule has 0 aliphatic rings. The Morgan fingerprint density at radius 1 is 1.53 bits per heavy atom. The van der Waals surface area contributed by atoms with Gasteiger partial charge in [0, 0.05) is 12.4 Å². The van der Waals surface area contributed by atoms with Crippen molar-refractivity contribution in [2.75, 3.05) is 0 Å². The minimum Gasteiger partial charge on any atom is -0.476 e. The van der Waals surface area contributed by atoms with Gasteiger partial charge >= 0.3 is 5.97 Å². The van der Waals surface area contributed by atoms with Crippen molar-refractivity contribution in [2.45, 2.75) is 18.4 Å². The molecule has 4 N–H and O–H groups in total. The third kappa shape index (κ3) is 2.63. The van der Waals surface area contributed by atoms with Crippen molar-refractivity contribution in [2.24, 2.45) is 0 Å². The molecule has 0 aromatic carbocycles. The van der Waals surface area contributed by atoms with E-state index in [1.807, 2.05) is 0 Å². The largest absolute Gasteiger partial charge is 0.476 e. The number of rotatable bonds is 5. The number of imidazole rings is 1. The fraction of sp³-hybridized carbons (Fsp3) is 0.222. The maximum atomic E-state index is 12.1. The number of carboxylic acids is 1. The average Bonchev–Trinajstić information content (AvgIpc) is 2.95. The molecule has 2 heterocycles. The fourth-order valence-corrected chi connectivity index (χ4v) is 2.83. The summed E-state index contributed by atoms with van der Waals surface area (Å²) in [5, 5.41) is 14.7. The van der Waals surface area contributed by atoms with Gasteiger partial charge in [-0.1, -0.05) is 0 Å². The molecule has 0 atom stereocenters. The first kappa shape index (κ1) is 13.2. The zero-order valence-electron chi connectivity index (χ0n) is 9.84. The van der Waals surface area contributed by atoms with Gasteiger partial charge in [0.2, 0.25) is 10.0 Å². The van der Waals surface area contributed by atoms with E-state index < -0.39 is 21.7 Å². The van der Waals surface area contributed by atoms with Crippen molar-refractivity contribution >= 4 is 16.0 Å². The van der Waals surface area contributed by atoms with Crippen LogP contribution in [0.15, 0.2) is 17.3 Å². The van der Waals surface area contributed by atoms with Crippen LogP contribution in [0.2, 0.25) is 0 Å². The Labute approximate surface area is 108 Å². The molecule has 0 saturated heterocycles. The summed E-state index contributed by atoms with van der Waals surface area (Å²) in [7, 11) is -3.98. The van der Waals surface area contributed by atoms with Gasteiger partial charge in [-0.3, -0.25) is 5.10 Å². The second kappa shape index (κ2) is 4.82. The highest BCUT2D eigenvalue weighted by Gasteiger charge is 2.28. The summed E-state index contributed by atoms with van der Waals surface area (Å²) in [5.74, 6) is -0.996. The lowest BCUT2D eigenvalue weighted by molar-refractivity contribution is 0.0686. The lowest BCUT2D eigenvalue weighted by Crippen LogP contribution is -2.25. The number of H-pyrrole nitrogens is 2. The Hall–Kier alpha value is -2.20. The topological polar surface area (TPSA) is 141 Å². The fourth-order valence-electron chi connectivity index (χ4n) is 1.52. The first-order valence-corrected chi connectivity index (χ1v) is 6.66. The highest BCUT2D eigenvalue weighted by Crippen LogP contribution is 2.17. The molecule has 0 aliphatic carbocycles. The van der Waals surface area contributed by atoms with E-state index >= 15 is 0 Å². The van der Waals surface area contributed by atoms with Gasteiger partial charge < -0.3 is 10.1 Å². The predicted octanol–water partition coefficient (Wildman–Crippen LogP) is -0.382. The second-order valence-corrected chi connectivity index (χ2v) is 5.40. The van der Waals surface area contributed by atoms with E-state index in [0.29, 0.717) is 5.82 Å². The summed E-state index contributed by atoms with van der Waals surface area (Å²) in [5.41, 5.74) is -0.381. The molecule has 0 bridgehead atoms. The van der Waals surface area contributed by atoms with E-state index in [4.69, 9.17) is 5.11 Å². The van der Waals surface area contributed by atoms with Crippen molar-refractivity contribution in [1.29, 1.82) is 0 Å². The van der Waals surface area contributed by atoms with Gasteiger partial charge in [0.05, 0.1) is 12.2 Å². The van der Waals surface area contributed by atoms with Crippen LogP contribution in [0.1, 0.15) is 22.0 Å². The summed E-state index contributed by atoms with van der Waals surface area (Å²) < 4.78 is 26.4. The van der Waals surface area contributed by atoms with E-state index in [-0.39, 0.29) is 17.1 Å². The molecular formula is C9H11N5O4S. The van der Waals surface area contributed by atoms with E-state index in [9.17, 15) is 13.2 Å². The molecule has 2 rings (SSSR count). The van der Waals surface area contributed by atoms with Crippen LogP contribution >= 0.6 is 0 Å². The molecule has 2 aromatic heterocycles. The van der Waals surface area contributed by atoms with Crippen molar-refractivity contribution < 1.29 is 18.3 Å². The number of aromatic carboxylic acids is 1. The number of carbonyl (C=O) groups is 1. The van der Waals surface area contributed by atoms with Crippen molar-refractivity contribution in [1.82, 2.24) is 24.9 Å². The molecule has 0 unspecified atom stereocenters. The van der Waals surface area contributed by atoms with E-state index in [2.05, 4.69) is 24.9 Å². The van der Waals surface area contributed by atoms with Crippen LogP contribution in [0.25, 0.3) is 0 Å². The van der Waals surface area contributed by atoms with Crippen LogP contribution < -0.4 is 4.72 Å². The van der Waals surface area contributed by atoms with Gasteiger partial charge in [0.25, 0.3) is 0 Å². The third-order valence-corrected chi connectivity index (χ3v) is 3.91. The van der Waals surface area contributed by atoms with Crippen molar-refractivity contribution in [3.63, 3.8) is 0 Å². The zero-order valence-corrected chi connectivity index (χ0v) is 10.7. The number of sulfonamides is 1. The number of hydrogen-bond acceptors (Lipinski definition) is 5. The molecule has 0 spiro atoms. The van der Waals surface area contributed by atoms with Gasteiger partial charge in [0.1, 0.15) is 10.7 Å². The second-order valence-electron chi connectivity index (χ2n) is 3.69. The summed E-state index contributed by atoms with van der Waals surface area (Å²) in [6.45, 7) is 1.36. The van der Waals surface area contributed by atoms with Crippen molar-refractivity contribution in [3.8, 4) is 0 Å². The quantitative estimate of drug-likeness (QED) is 0.590.